The van der Waals surface area contributed by atoms with Gasteiger partial charge in [0.05, 0.1) is 16.4 Å². The van der Waals surface area contributed by atoms with Crippen molar-refractivity contribution in [2.24, 2.45) is 0 Å². The highest BCUT2D eigenvalue weighted by Gasteiger charge is 2.17. The third-order valence-corrected chi connectivity index (χ3v) is 2.93. The standard InChI is InChI=1S/C10H14BrN3/c1-7(2)14-10(9(11)6-13-14)8-3-4-12-5-8/h3,6-7,12H,4-5H2,1-2H3. The van der Waals surface area contributed by atoms with E-state index in [0.717, 1.165) is 17.6 Å². The Kier molecular flexibility index (Phi) is 2.74. The molecule has 0 bridgehead atoms. The van der Waals surface area contributed by atoms with Crippen LogP contribution in [0.4, 0.5) is 0 Å². The molecule has 14 heavy (non-hydrogen) atoms. The molecule has 0 saturated heterocycles. The zero-order valence-electron chi connectivity index (χ0n) is 8.42. The van der Waals surface area contributed by atoms with Crippen molar-refractivity contribution in [3.05, 3.63) is 22.4 Å². The van der Waals surface area contributed by atoms with Gasteiger partial charge in [-0.05, 0) is 35.4 Å². The van der Waals surface area contributed by atoms with Gasteiger partial charge in [-0.2, -0.15) is 5.10 Å². The van der Waals surface area contributed by atoms with Crippen LogP contribution < -0.4 is 5.32 Å². The number of nitrogens with one attached hydrogen (secondary N) is 1. The lowest BCUT2D eigenvalue weighted by Gasteiger charge is -2.11. The van der Waals surface area contributed by atoms with Gasteiger partial charge in [0.15, 0.2) is 0 Å². The molecule has 0 fully saturated rings. The van der Waals surface area contributed by atoms with E-state index in [1.54, 1.807) is 0 Å². The van der Waals surface area contributed by atoms with Crippen molar-refractivity contribution in [2.75, 3.05) is 13.1 Å². The molecule has 0 amide bonds. The molecule has 1 aromatic heterocycles. The summed E-state index contributed by atoms with van der Waals surface area (Å²) in [7, 11) is 0. The molecule has 0 spiro atoms. The molecule has 0 radical (unpaired) electrons. The van der Waals surface area contributed by atoms with Crippen molar-refractivity contribution in [1.29, 1.82) is 0 Å². The maximum atomic E-state index is 4.36. The van der Waals surface area contributed by atoms with Crippen LogP contribution in [0, 0.1) is 0 Å². The Hall–Kier alpha value is -0.610. The van der Waals surface area contributed by atoms with Crippen molar-refractivity contribution in [3.8, 4) is 0 Å². The molecule has 1 aromatic rings. The van der Waals surface area contributed by atoms with E-state index >= 15 is 0 Å². The first-order chi connectivity index (χ1) is 6.70. The maximum Gasteiger partial charge on any atom is 0.0797 e. The minimum Gasteiger partial charge on any atom is -0.309 e. The molecule has 0 aliphatic carbocycles. The zero-order valence-corrected chi connectivity index (χ0v) is 10.0. The van der Waals surface area contributed by atoms with Crippen LogP contribution in [0.15, 0.2) is 16.7 Å². The lowest BCUT2D eigenvalue weighted by molar-refractivity contribution is 0.526. The quantitative estimate of drug-likeness (QED) is 0.879. The summed E-state index contributed by atoms with van der Waals surface area (Å²) >= 11 is 3.54. The minimum atomic E-state index is 0.401. The summed E-state index contributed by atoms with van der Waals surface area (Å²) < 4.78 is 3.14. The SMILES string of the molecule is CC(C)n1ncc(Br)c1C1=CCNC1. The van der Waals surface area contributed by atoms with E-state index in [1.165, 1.54) is 11.3 Å². The van der Waals surface area contributed by atoms with E-state index in [0.29, 0.717) is 6.04 Å². The van der Waals surface area contributed by atoms with Gasteiger partial charge in [0.2, 0.25) is 0 Å². The summed E-state index contributed by atoms with van der Waals surface area (Å²) in [5, 5.41) is 7.66. The van der Waals surface area contributed by atoms with Crippen molar-refractivity contribution < 1.29 is 0 Å². The fourth-order valence-electron chi connectivity index (χ4n) is 1.69. The van der Waals surface area contributed by atoms with E-state index in [9.17, 15) is 0 Å². The Bertz CT molecular complexity index is 365. The van der Waals surface area contributed by atoms with E-state index < -0.39 is 0 Å². The number of halogens is 1. The van der Waals surface area contributed by atoms with Gasteiger partial charge in [0.1, 0.15) is 0 Å². The molecule has 1 aliphatic heterocycles. The molecule has 2 rings (SSSR count). The Morgan fingerprint density at radius 1 is 1.57 bits per heavy atom. The van der Waals surface area contributed by atoms with Gasteiger partial charge in [-0.3, -0.25) is 4.68 Å². The molecule has 1 N–H and O–H groups in total. The van der Waals surface area contributed by atoms with Crippen LogP contribution in [0.1, 0.15) is 25.6 Å². The molecule has 4 heteroatoms. The van der Waals surface area contributed by atoms with Gasteiger partial charge in [0.25, 0.3) is 0 Å². The highest BCUT2D eigenvalue weighted by atomic mass is 79.9. The topological polar surface area (TPSA) is 29.9 Å². The molecular formula is C10H14BrN3. The smallest absolute Gasteiger partial charge is 0.0797 e. The molecule has 2 heterocycles. The van der Waals surface area contributed by atoms with Gasteiger partial charge in [-0.1, -0.05) is 6.08 Å². The zero-order chi connectivity index (χ0) is 10.1. The fraction of sp³-hybridized carbons (Fsp3) is 0.500. The van der Waals surface area contributed by atoms with E-state index in [-0.39, 0.29) is 0 Å². The third kappa shape index (κ3) is 1.64. The average molecular weight is 256 g/mol. The molecule has 0 atom stereocenters. The van der Waals surface area contributed by atoms with Crippen molar-refractivity contribution in [1.82, 2.24) is 15.1 Å². The Morgan fingerprint density at radius 3 is 2.93 bits per heavy atom. The first-order valence-corrected chi connectivity index (χ1v) is 5.62. The van der Waals surface area contributed by atoms with Crippen LogP contribution in [-0.2, 0) is 0 Å². The Morgan fingerprint density at radius 2 is 2.36 bits per heavy atom. The summed E-state index contributed by atoms with van der Waals surface area (Å²) in [4.78, 5) is 0. The van der Waals surface area contributed by atoms with Crippen LogP contribution in [0.3, 0.4) is 0 Å². The molecule has 0 aromatic carbocycles. The second-order valence-corrected chi connectivity index (χ2v) is 4.59. The maximum absolute atomic E-state index is 4.36. The predicted octanol–water partition coefficient (Wildman–Crippen LogP) is 2.21. The number of nitrogens with zero attached hydrogens (tertiary/aromatic N) is 2. The first-order valence-electron chi connectivity index (χ1n) is 4.83. The lowest BCUT2D eigenvalue weighted by atomic mass is 10.2. The fourth-order valence-corrected chi connectivity index (χ4v) is 2.22. The van der Waals surface area contributed by atoms with E-state index in [4.69, 9.17) is 0 Å². The van der Waals surface area contributed by atoms with Crippen LogP contribution >= 0.6 is 15.9 Å². The Labute approximate surface area is 92.3 Å². The molecule has 1 aliphatic rings. The van der Waals surface area contributed by atoms with Gasteiger partial charge in [-0.15, -0.1) is 0 Å². The molecule has 0 saturated carbocycles. The first kappa shape index (κ1) is 9.93. The van der Waals surface area contributed by atoms with E-state index in [1.807, 2.05) is 6.20 Å². The molecular weight excluding hydrogens is 242 g/mol. The number of rotatable bonds is 2. The molecule has 76 valence electrons. The normalized spacial score (nSPS) is 16.4. The summed E-state index contributed by atoms with van der Waals surface area (Å²) in [6.07, 6.45) is 4.09. The number of hydrogen-bond donors (Lipinski definition) is 1. The predicted molar refractivity (Wildman–Crippen MR) is 61.2 cm³/mol. The van der Waals surface area contributed by atoms with Crippen LogP contribution in [0.5, 0.6) is 0 Å². The average Bonchev–Trinajstić information content (AvgIpc) is 2.71. The minimum absolute atomic E-state index is 0.401. The summed E-state index contributed by atoms with van der Waals surface area (Å²) in [6.45, 7) is 6.19. The highest BCUT2D eigenvalue weighted by Crippen LogP contribution is 2.27. The summed E-state index contributed by atoms with van der Waals surface area (Å²) in [5.74, 6) is 0. The van der Waals surface area contributed by atoms with Gasteiger partial charge >= 0.3 is 0 Å². The van der Waals surface area contributed by atoms with Crippen molar-refractivity contribution in [2.45, 2.75) is 19.9 Å². The lowest BCUT2D eigenvalue weighted by Crippen LogP contribution is -2.11. The van der Waals surface area contributed by atoms with Crippen molar-refractivity contribution >= 4 is 21.5 Å². The van der Waals surface area contributed by atoms with Crippen LogP contribution in [0.25, 0.3) is 5.57 Å². The Balaban J connectivity index is 2.44. The molecule has 3 nitrogen and oxygen atoms in total. The summed E-state index contributed by atoms with van der Waals surface area (Å²) in [5.41, 5.74) is 2.55. The largest absolute Gasteiger partial charge is 0.309 e. The third-order valence-electron chi connectivity index (χ3n) is 2.35. The number of hydrogen-bond acceptors (Lipinski definition) is 2. The molecule has 0 unspecified atom stereocenters. The monoisotopic (exact) mass is 255 g/mol. The second kappa shape index (κ2) is 3.87. The number of aromatic nitrogens is 2. The van der Waals surface area contributed by atoms with Gasteiger partial charge in [-0.25, -0.2) is 0 Å². The van der Waals surface area contributed by atoms with Gasteiger partial charge in [0, 0.05) is 19.1 Å². The summed E-state index contributed by atoms with van der Waals surface area (Å²) in [6, 6.07) is 0.401. The van der Waals surface area contributed by atoms with Crippen LogP contribution in [0.2, 0.25) is 0 Å². The second-order valence-electron chi connectivity index (χ2n) is 3.74. The van der Waals surface area contributed by atoms with Gasteiger partial charge < -0.3 is 5.32 Å². The van der Waals surface area contributed by atoms with Crippen LogP contribution in [-0.4, -0.2) is 22.9 Å². The van der Waals surface area contributed by atoms with E-state index in [2.05, 4.69) is 51.0 Å². The highest BCUT2D eigenvalue weighted by molar-refractivity contribution is 9.10. The van der Waals surface area contributed by atoms with Crippen molar-refractivity contribution in [3.63, 3.8) is 0 Å².